The minimum atomic E-state index is 0.335. The van der Waals surface area contributed by atoms with E-state index in [1.165, 1.54) is 0 Å². The third kappa shape index (κ3) is 4.90. The van der Waals surface area contributed by atoms with Crippen LogP contribution in [0.3, 0.4) is 0 Å². The van der Waals surface area contributed by atoms with Crippen molar-refractivity contribution in [2.45, 2.75) is 52.9 Å². The minimum absolute atomic E-state index is 0.335. The van der Waals surface area contributed by atoms with E-state index < -0.39 is 0 Å². The number of unbranched alkanes of at least 4 members (excludes halogenated alkanes) is 1. The second-order valence-electron chi connectivity index (χ2n) is 6.20. The zero-order chi connectivity index (χ0) is 12.9. The molecule has 0 aromatic rings. The Morgan fingerprint density at radius 2 is 2.00 bits per heavy atom. The molecule has 1 unspecified atom stereocenters. The quantitative estimate of drug-likeness (QED) is 0.605. The van der Waals surface area contributed by atoms with Crippen molar-refractivity contribution < 1.29 is 4.79 Å². The average molecular weight is 257 g/mol. The average Bonchev–Trinajstić information content (AvgIpc) is 2.41. The van der Waals surface area contributed by atoms with Gasteiger partial charge in [-0.2, -0.15) is 12.6 Å². The number of nitrogens with zero attached hydrogens (tertiary/aromatic N) is 1. The van der Waals surface area contributed by atoms with E-state index in [4.69, 9.17) is 0 Å². The van der Waals surface area contributed by atoms with E-state index in [0.29, 0.717) is 17.2 Å². The van der Waals surface area contributed by atoms with Crippen molar-refractivity contribution in [2.24, 2.45) is 11.3 Å². The van der Waals surface area contributed by atoms with Crippen molar-refractivity contribution in [3.8, 4) is 0 Å². The van der Waals surface area contributed by atoms with Gasteiger partial charge in [-0.3, -0.25) is 4.79 Å². The number of thiol groups is 1. The highest BCUT2D eigenvalue weighted by atomic mass is 32.1. The fraction of sp³-hybridized carbons (Fsp3) is 0.929. The van der Waals surface area contributed by atoms with Gasteiger partial charge in [0.15, 0.2) is 0 Å². The summed E-state index contributed by atoms with van der Waals surface area (Å²) in [7, 11) is 0. The third-order valence-electron chi connectivity index (χ3n) is 3.87. The Bertz CT molecular complexity index is 247. The van der Waals surface area contributed by atoms with Gasteiger partial charge in [0, 0.05) is 19.5 Å². The lowest BCUT2D eigenvalue weighted by Crippen LogP contribution is -2.31. The molecule has 0 spiro atoms. The summed E-state index contributed by atoms with van der Waals surface area (Å²) in [4.78, 5) is 14.1. The van der Waals surface area contributed by atoms with Crippen LogP contribution in [-0.4, -0.2) is 29.6 Å². The van der Waals surface area contributed by atoms with E-state index >= 15 is 0 Å². The van der Waals surface area contributed by atoms with Crippen LogP contribution in [0, 0.1) is 11.3 Å². The summed E-state index contributed by atoms with van der Waals surface area (Å²) in [6, 6.07) is 0. The molecule has 100 valence electrons. The molecule has 2 nitrogen and oxygen atoms in total. The molecule has 1 fully saturated rings. The SMILES string of the molecule is CC(C)(C)C1CCC(=O)N(CCCCS)CC1. The fourth-order valence-electron chi connectivity index (χ4n) is 2.55. The Labute approximate surface area is 112 Å². The first-order chi connectivity index (χ1) is 7.95. The van der Waals surface area contributed by atoms with E-state index in [-0.39, 0.29) is 0 Å². The lowest BCUT2D eigenvalue weighted by Gasteiger charge is -2.29. The van der Waals surface area contributed by atoms with Crippen molar-refractivity contribution in [1.82, 2.24) is 4.90 Å². The Kier molecular flexibility index (Phi) is 5.84. The molecule has 0 radical (unpaired) electrons. The number of rotatable bonds is 4. The number of carbonyl (C=O) groups is 1. The summed E-state index contributed by atoms with van der Waals surface area (Å²) >= 11 is 4.21. The van der Waals surface area contributed by atoms with Gasteiger partial charge in [0.05, 0.1) is 0 Å². The molecule has 1 rings (SSSR count). The maximum atomic E-state index is 12.0. The van der Waals surface area contributed by atoms with Gasteiger partial charge in [-0.25, -0.2) is 0 Å². The van der Waals surface area contributed by atoms with Crippen LogP contribution in [0.5, 0.6) is 0 Å². The molecule has 0 bridgehead atoms. The standard InChI is InChI=1S/C14H27NOS/c1-14(2,3)12-6-7-13(16)15(10-8-12)9-4-5-11-17/h12,17H,4-11H2,1-3H3. The molecule has 1 heterocycles. The fourth-order valence-corrected chi connectivity index (χ4v) is 2.78. The Morgan fingerprint density at radius 1 is 1.29 bits per heavy atom. The Hall–Kier alpha value is -0.180. The van der Waals surface area contributed by atoms with Gasteiger partial charge >= 0.3 is 0 Å². The van der Waals surface area contributed by atoms with Crippen molar-refractivity contribution in [3.05, 3.63) is 0 Å². The molecule has 3 heteroatoms. The molecule has 0 saturated carbocycles. The van der Waals surface area contributed by atoms with E-state index in [0.717, 1.165) is 50.9 Å². The van der Waals surface area contributed by atoms with Crippen LogP contribution in [0.4, 0.5) is 0 Å². The lowest BCUT2D eigenvalue weighted by molar-refractivity contribution is -0.130. The van der Waals surface area contributed by atoms with E-state index in [1.54, 1.807) is 0 Å². The molecule has 0 N–H and O–H groups in total. The van der Waals surface area contributed by atoms with Crippen molar-refractivity contribution in [1.29, 1.82) is 0 Å². The maximum Gasteiger partial charge on any atom is 0.222 e. The van der Waals surface area contributed by atoms with Gasteiger partial charge in [-0.1, -0.05) is 20.8 Å². The van der Waals surface area contributed by atoms with Crippen LogP contribution in [0.1, 0.15) is 52.9 Å². The molecule has 1 amide bonds. The largest absolute Gasteiger partial charge is 0.343 e. The number of hydrogen-bond acceptors (Lipinski definition) is 2. The van der Waals surface area contributed by atoms with Gasteiger partial charge in [-0.15, -0.1) is 0 Å². The molecule has 1 aliphatic rings. The smallest absolute Gasteiger partial charge is 0.222 e. The van der Waals surface area contributed by atoms with Gasteiger partial charge in [-0.05, 0) is 42.8 Å². The molecule has 17 heavy (non-hydrogen) atoms. The Balaban J connectivity index is 2.46. The number of carbonyl (C=O) groups excluding carboxylic acids is 1. The van der Waals surface area contributed by atoms with Gasteiger partial charge in [0.1, 0.15) is 0 Å². The lowest BCUT2D eigenvalue weighted by atomic mass is 9.77. The first-order valence-corrected chi connectivity index (χ1v) is 7.47. The van der Waals surface area contributed by atoms with Crippen molar-refractivity contribution in [3.63, 3.8) is 0 Å². The molecule has 0 aromatic heterocycles. The highest BCUT2D eigenvalue weighted by Gasteiger charge is 2.29. The molecular weight excluding hydrogens is 230 g/mol. The second kappa shape index (κ2) is 6.67. The highest BCUT2D eigenvalue weighted by molar-refractivity contribution is 7.80. The first-order valence-electron chi connectivity index (χ1n) is 6.84. The summed E-state index contributed by atoms with van der Waals surface area (Å²) in [6.07, 6.45) is 5.16. The van der Waals surface area contributed by atoms with E-state index in [9.17, 15) is 4.79 Å². The molecular formula is C14H27NOS. The highest BCUT2D eigenvalue weighted by Crippen LogP contribution is 2.34. The van der Waals surface area contributed by atoms with E-state index in [1.807, 2.05) is 0 Å². The van der Waals surface area contributed by atoms with Gasteiger partial charge in [0.25, 0.3) is 0 Å². The zero-order valence-corrected chi connectivity index (χ0v) is 12.4. The normalized spacial score (nSPS) is 22.7. The summed E-state index contributed by atoms with van der Waals surface area (Å²) < 4.78 is 0. The predicted octanol–water partition coefficient (Wildman–Crippen LogP) is 3.37. The van der Waals surface area contributed by atoms with Crippen LogP contribution in [-0.2, 0) is 4.79 Å². The van der Waals surface area contributed by atoms with Gasteiger partial charge in [0.2, 0.25) is 5.91 Å². The van der Waals surface area contributed by atoms with Crippen LogP contribution >= 0.6 is 12.6 Å². The van der Waals surface area contributed by atoms with Crippen LogP contribution in [0.25, 0.3) is 0 Å². The van der Waals surface area contributed by atoms with Gasteiger partial charge < -0.3 is 4.90 Å². The second-order valence-corrected chi connectivity index (χ2v) is 6.65. The maximum absolute atomic E-state index is 12.0. The number of hydrogen-bond donors (Lipinski definition) is 1. The molecule has 1 atom stereocenters. The summed E-state index contributed by atoms with van der Waals surface area (Å²) in [6.45, 7) is 8.75. The number of likely N-dealkylation sites (tertiary alicyclic amines) is 1. The Morgan fingerprint density at radius 3 is 2.59 bits per heavy atom. The minimum Gasteiger partial charge on any atom is -0.343 e. The molecule has 0 aliphatic carbocycles. The van der Waals surface area contributed by atoms with Crippen LogP contribution in [0.15, 0.2) is 0 Å². The van der Waals surface area contributed by atoms with Crippen molar-refractivity contribution >= 4 is 18.5 Å². The summed E-state index contributed by atoms with van der Waals surface area (Å²) in [5.41, 5.74) is 0.335. The third-order valence-corrected chi connectivity index (χ3v) is 4.18. The van der Waals surface area contributed by atoms with E-state index in [2.05, 4.69) is 38.3 Å². The van der Waals surface area contributed by atoms with Crippen LogP contribution in [0.2, 0.25) is 0 Å². The molecule has 1 aliphatic heterocycles. The van der Waals surface area contributed by atoms with Crippen LogP contribution < -0.4 is 0 Å². The zero-order valence-electron chi connectivity index (χ0n) is 11.5. The topological polar surface area (TPSA) is 20.3 Å². The predicted molar refractivity (Wildman–Crippen MR) is 76.5 cm³/mol. The monoisotopic (exact) mass is 257 g/mol. The molecule has 0 aromatic carbocycles. The first kappa shape index (κ1) is 14.9. The number of amides is 1. The summed E-state index contributed by atoms with van der Waals surface area (Å²) in [5.74, 6) is 1.96. The molecule has 1 saturated heterocycles. The summed E-state index contributed by atoms with van der Waals surface area (Å²) in [5, 5.41) is 0. The van der Waals surface area contributed by atoms with Crippen molar-refractivity contribution in [2.75, 3.05) is 18.8 Å².